The van der Waals surface area contributed by atoms with Crippen LogP contribution < -0.4 is 4.74 Å². The number of aromatic amines is 1. The van der Waals surface area contributed by atoms with E-state index in [2.05, 4.69) is 10.2 Å². The predicted octanol–water partition coefficient (Wildman–Crippen LogP) is 3.92. The van der Waals surface area contributed by atoms with E-state index in [1.807, 2.05) is 0 Å². The molecule has 0 aliphatic rings. The number of esters is 1. The molecule has 1 heterocycles. The average Bonchev–Trinajstić information content (AvgIpc) is 3.16. The van der Waals surface area contributed by atoms with Crippen molar-refractivity contribution in [2.24, 2.45) is 0 Å². The lowest BCUT2D eigenvalue weighted by molar-refractivity contribution is 0.0468. The minimum Gasteiger partial charge on any atom is -0.496 e. The zero-order chi connectivity index (χ0) is 19.4. The number of Topliss-reactive ketones (excluding diaryl/α,β-unsaturated/α-hetero) is 1. The highest BCUT2D eigenvalue weighted by molar-refractivity contribution is 6.30. The van der Waals surface area contributed by atoms with Crippen LogP contribution in [0.25, 0.3) is 11.3 Å². The molecule has 0 radical (unpaired) electrons. The van der Waals surface area contributed by atoms with Gasteiger partial charge in [-0.05, 0) is 36.4 Å². The van der Waals surface area contributed by atoms with E-state index >= 15 is 0 Å². The number of carbonyl (C=O) groups is 2. The van der Waals surface area contributed by atoms with Gasteiger partial charge >= 0.3 is 5.97 Å². The minimum atomic E-state index is -0.758. The number of ketones is 1. The highest BCUT2D eigenvalue weighted by Gasteiger charge is 2.18. The molecule has 0 spiro atoms. The number of aromatic nitrogens is 2. The largest absolute Gasteiger partial charge is 0.496 e. The van der Waals surface area contributed by atoms with Crippen LogP contribution in [-0.2, 0) is 4.74 Å². The Labute approximate surface area is 158 Å². The Balaban J connectivity index is 1.67. The summed E-state index contributed by atoms with van der Waals surface area (Å²) < 4.78 is 23.4. The highest BCUT2D eigenvalue weighted by Crippen LogP contribution is 2.22. The monoisotopic (exact) mass is 388 g/mol. The van der Waals surface area contributed by atoms with Crippen LogP contribution in [0.1, 0.15) is 20.8 Å². The molecule has 8 heteroatoms. The molecule has 0 bridgehead atoms. The van der Waals surface area contributed by atoms with Crippen LogP contribution in [-0.4, -0.2) is 35.7 Å². The summed E-state index contributed by atoms with van der Waals surface area (Å²) in [6.45, 7) is -0.562. The third-order valence-corrected chi connectivity index (χ3v) is 3.99. The summed E-state index contributed by atoms with van der Waals surface area (Å²) in [6, 6.07) is 12.0. The van der Waals surface area contributed by atoms with Gasteiger partial charge < -0.3 is 9.47 Å². The Morgan fingerprint density at radius 2 is 1.89 bits per heavy atom. The number of hydrogen-bond donors (Lipinski definition) is 1. The zero-order valence-electron chi connectivity index (χ0n) is 14.2. The Kier molecular flexibility index (Phi) is 5.52. The molecular formula is C19H14ClFN2O4. The fraction of sp³-hybridized carbons (Fsp3) is 0.105. The van der Waals surface area contributed by atoms with Crippen molar-refractivity contribution in [2.45, 2.75) is 0 Å². The fourth-order valence-corrected chi connectivity index (χ4v) is 2.51. The third-order valence-electron chi connectivity index (χ3n) is 3.73. The van der Waals surface area contributed by atoms with Gasteiger partial charge in [-0.2, -0.15) is 5.10 Å². The van der Waals surface area contributed by atoms with Crippen molar-refractivity contribution in [1.29, 1.82) is 0 Å². The summed E-state index contributed by atoms with van der Waals surface area (Å²) in [6.07, 6.45) is 0. The van der Waals surface area contributed by atoms with Crippen LogP contribution in [0.3, 0.4) is 0 Å². The van der Waals surface area contributed by atoms with Crippen molar-refractivity contribution >= 4 is 23.4 Å². The molecule has 3 rings (SSSR count). The van der Waals surface area contributed by atoms with E-state index < -0.39 is 24.2 Å². The maximum atomic E-state index is 13.4. The van der Waals surface area contributed by atoms with Gasteiger partial charge in [-0.15, -0.1) is 0 Å². The molecule has 2 aromatic carbocycles. The summed E-state index contributed by atoms with van der Waals surface area (Å²) in [7, 11) is 1.36. The van der Waals surface area contributed by atoms with Crippen molar-refractivity contribution < 1.29 is 23.5 Å². The van der Waals surface area contributed by atoms with E-state index in [1.54, 1.807) is 24.3 Å². The molecule has 1 N–H and O–H groups in total. The number of rotatable bonds is 6. The number of H-pyrrole nitrogens is 1. The Morgan fingerprint density at radius 1 is 1.15 bits per heavy atom. The first-order valence-electron chi connectivity index (χ1n) is 7.83. The molecule has 0 unspecified atom stereocenters. The number of methoxy groups -OCH3 is 1. The lowest BCUT2D eigenvalue weighted by Gasteiger charge is -2.08. The summed E-state index contributed by atoms with van der Waals surface area (Å²) in [5.74, 6) is -1.74. The lowest BCUT2D eigenvalue weighted by Crippen LogP contribution is -2.15. The molecule has 27 heavy (non-hydrogen) atoms. The number of nitrogens with one attached hydrogen (secondary N) is 1. The van der Waals surface area contributed by atoms with Gasteiger partial charge in [0.2, 0.25) is 5.78 Å². The van der Waals surface area contributed by atoms with Crippen LogP contribution in [0.5, 0.6) is 5.75 Å². The van der Waals surface area contributed by atoms with Gasteiger partial charge in [0.25, 0.3) is 0 Å². The quantitative estimate of drug-likeness (QED) is 0.511. The average molecular weight is 389 g/mol. The summed E-state index contributed by atoms with van der Waals surface area (Å²) >= 11 is 5.84. The standard InChI is InChI=1S/C19H14ClFN2O4/c1-26-18-7-6-13(21)8-14(18)17(24)10-27-19(25)16-9-15(22-23-16)11-2-4-12(20)5-3-11/h2-9H,10H2,1H3,(H,22,23). The van der Waals surface area contributed by atoms with E-state index in [4.69, 9.17) is 21.1 Å². The molecule has 0 aliphatic heterocycles. The minimum absolute atomic E-state index is 0.00300. The summed E-state index contributed by atoms with van der Waals surface area (Å²) in [5, 5.41) is 7.18. The molecule has 0 fully saturated rings. The van der Waals surface area contributed by atoms with Crippen molar-refractivity contribution in [2.75, 3.05) is 13.7 Å². The van der Waals surface area contributed by atoms with Gasteiger partial charge in [0.15, 0.2) is 6.61 Å². The van der Waals surface area contributed by atoms with Gasteiger partial charge in [0.1, 0.15) is 17.3 Å². The number of ether oxygens (including phenoxy) is 2. The van der Waals surface area contributed by atoms with Crippen molar-refractivity contribution in [3.8, 4) is 17.0 Å². The van der Waals surface area contributed by atoms with E-state index in [0.717, 1.165) is 11.6 Å². The second kappa shape index (κ2) is 8.01. The number of carbonyl (C=O) groups excluding carboxylic acids is 2. The SMILES string of the molecule is COc1ccc(F)cc1C(=O)COC(=O)c1cc(-c2ccc(Cl)cc2)n[nH]1. The lowest BCUT2D eigenvalue weighted by atomic mass is 10.1. The van der Waals surface area contributed by atoms with Crippen LogP contribution in [0.4, 0.5) is 4.39 Å². The summed E-state index contributed by atoms with van der Waals surface area (Å²) in [4.78, 5) is 24.3. The van der Waals surface area contributed by atoms with E-state index in [1.165, 1.54) is 25.3 Å². The maximum absolute atomic E-state index is 13.4. The third kappa shape index (κ3) is 4.32. The van der Waals surface area contributed by atoms with Gasteiger partial charge in [0.05, 0.1) is 18.4 Å². The molecule has 6 nitrogen and oxygen atoms in total. The first kappa shape index (κ1) is 18.6. The van der Waals surface area contributed by atoms with Crippen LogP contribution in [0.15, 0.2) is 48.5 Å². The van der Waals surface area contributed by atoms with Crippen molar-refractivity contribution in [1.82, 2.24) is 10.2 Å². The molecule has 0 atom stereocenters. The molecule has 0 amide bonds. The van der Waals surface area contributed by atoms with Gasteiger partial charge in [-0.25, -0.2) is 9.18 Å². The van der Waals surface area contributed by atoms with Gasteiger partial charge in [-0.1, -0.05) is 23.7 Å². The van der Waals surface area contributed by atoms with Crippen molar-refractivity contribution in [3.05, 3.63) is 70.6 Å². The van der Waals surface area contributed by atoms with Gasteiger partial charge in [-0.3, -0.25) is 9.89 Å². The van der Waals surface area contributed by atoms with E-state index in [0.29, 0.717) is 10.7 Å². The molecule has 0 saturated heterocycles. The normalized spacial score (nSPS) is 10.5. The number of halogens is 2. The second-order valence-corrected chi connectivity index (χ2v) is 5.95. The maximum Gasteiger partial charge on any atom is 0.356 e. The van der Waals surface area contributed by atoms with Crippen LogP contribution in [0.2, 0.25) is 5.02 Å². The second-order valence-electron chi connectivity index (χ2n) is 5.52. The molecule has 1 aromatic heterocycles. The van der Waals surface area contributed by atoms with Crippen molar-refractivity contribution in [3.63, 3.8) is 0 Å². The molecule has 3 aromatic rings. The van der Waals surface area contributed by atoms with Crippen LogP contribution >= 0.6 is 11.6 Å². The van der Waals surface area contributed by atoms with Crippen LogP contribution in [0, 0.1) is 5.82 Å². The highest BCUT2D eigenvalue weighted by atomic mass is 35.5. The Bertz CT molecular complexity index is 986. The summed E-state index contributed by atoms with van der Waals surface area (Å²) in [5.41, 5.74) is 1.36. The number of benzene rings is 2. The van der Waals surface area contributed by atoms with Gasteiger partial charge in [0, 0.05) is 10.6 Å². The Morgan fingerprint density at radius 3 is 2.59 bits per heavy atom. The first-order chi connectivity index (χ1) is 13.0. The number of hydrogen-bond acceptors (Lipinski definition) is 5. The molecule has 0 aliphatic carbocycles. The predicted molar refractivity (Wildman–Crippen MR) is 96.6 cm³/mol. The topological polar surface area (TPSA) is 81.3 Å². The fourth-order valence-electron chi connectivity index (χ4n) is 2.38. The smallest absolute Gasteiger partial charge is 0.356 e. The molecule has 138 valence electrons. The first-order valence-corrected chi connectivity index (χ1v) is 8.21. The Hall–Kier alpha value is -3.19. The molecular weight excluding hydrogens is 375 g/mol. The van der Waals surface area contributed by atoms with E-state index in [9.17, 15) is 14.0 Å². The zero-order valence-corrected chi connectivity index (χ0v) is 14.9. The van der Waals surface area contributed by atoms with E-state index in [-0.39, 0.29) is 17.0 Å². The number of nitrogens with zero attached hydrogens (tertiary/aromatic N) is 1. The molecule has 0 saturated carbocycles.